The van der Waals surface area contributed by atoms with Crippen LogP contribution in [-0.4, -0.2) is 23.0 Å². The Kier molecular flexibility index (Phi) is 4.39. The summed E-state index contributed by atoms with van der Waals surface area (Å²) in [4.78, 5) is 13.7. The van der Waals surface area contributed by atoms with Gasteiger partial charge in [0.15, 0.2) is 0 Å². The topological polar surface area (TPSA) is 40.5 Å². The first kappa shape index (κ1) is 14.5. The summed E-state index contributed by atoms with van der Waals surface area (Å²) in [5.41, 5.74) is 0.897. The molecule has 20 heavy (non-hydrogen) atoms. The maximum absolute atomic E-state index is 13.1. The van der Waals surface area contributed by atoms with Gasteiger partial charge in [0.05, 0.1) is 5.56 Å². The predicted octanol–water partition coefficient (Wildman–Crippen LogP) is 3.57. The Labute approximate surface area is 124 Å². The lowest BCUT2D eigenvalue weighted by molar-refractivity contribution is 0.0782. The van der Waals surface area contributed by atoms with E-state index < -0.39 is 0 Å². The highest BCUT2D eigenvalue weighted by atomic mass is 79.9. The second kappa shape index (κ2) is 6.05. The molecule has 2 aromatic rings. The van der Waals surface area contributed by atoms with Crippen molar-refractivity contribution in [1.82, 2.24) is 4.90 Å². The van der Waals surface area contributed by atoms with Crippen molar-refractivity contribution in [3.63, 3.8) is 0 Å². The van der Waals surface area contributed by atoms with Gasteiger partial charge >= 0.3 is 0 Å². The third-order valence-corrected chi connectivity index (χ3v) is 3.34. The largest absolute Gasteiger partial charge is 0.507 e. The van der Waals surface area contributed by atoms with Crippen molar-refractivity contribution in [2.24, 2.45) is 0 Å². The van der Waals surface area contributed by atoms with E-state index in [0.29, 0.717) is 10.0 Å². The Bertz CT molecular complexity index is 646. The number of halogens is 2. The number of rotatable bonds is 3. The number of nitrogens with zero attached hydrogens (tertiary/aromatic N) is 1. The summed E-state index contributed by atoms with van der Waals surface area (Å²) in [7, 11) is 1.60. The van der Waals surface area contributed by atoms with Gasteiger partial charge in [0, 0.05) is 18.1 Å². The molecule has 5 heteroatoms. The number of carbonyl (C=O) groups excluding carboxylic acids is 1. The number of hydrogen-bond acceptors (Lipinski definition) is 2. The summed E-state index contributed by atoms with van der Waals surface area (Å²) in [6.45, 7) is 0.266. The van der Waals surface area contributed by atoms with Crippen molar-refractivity contribution in [2.75, 3.05) is 7.05 Å². The van der Waals surface area contributed by atoms with Crippen LogP contribution in [0.1, 0.15) is 15.9 Å². The van der Waals surface area contributed by atoms with Crippen LogP contribution in [0.3, 0.4) is 0 Å². The van der Waals surface area contributed by atoms with E-state index in [1.807, 2.05) is 0 Å². The molecule has 1 N–H and O–H groups in total. The fourth-order valence-corrected chi connectivity index (χ4v) is 2.23. The summed E-state index contributed by atoms with van der Waals surface area (Å²) in [6, 6.07) is 10.7. The Morgan fingerprint density at radius 1 is 1.30 bits per heavy atom. The first-order chi connectivity index (χ1) is 9.47. The highest BCUT2D eigenvalue weighted by Crippen LogP contribution is 2.23. The number of amides is 1. The van der Waals surface area contributed by atoms with Gasteiger partial charge in [-0.05, 0) is 35.9 Å². The minimum atomic E-state index is -0.339. The number of hydrogen-bond donors (Lipinski definition) is 1. The first-order valence-corrected chi connectivity index (χ1v) is 6.75. The molecule has 0 aliphatic carbocycles. The van der Waals surface area contributed by atoms with Crippen LogP contribution >= 0.6 is 15.9 Å². The zero-order valence-corrected chi connectivity index (χ0v) is 12.4. The molecule has 0 bridgehead atoms. The van der Waals surface area contributed by atoms with Gasteiger partial charge in [-0.2, -0.15) is 0 Å². The number of benzene rings is 2. The van der Waals surface area contributed by atoms with E-state index >= 15 is 0 Å². The van der Waals surface area contributed by atoms with Crippen LogP contribution in [-0.2, 0) is 6.54 Å². The fraction of sp³-hybridized carbons (Fsp3) is 0.133. The lowest BCUT2D eigenvalue weighted by Crippen LogP contribution is -2.26. The van der Waals surface area contributed by atoms with Gasteiger partial charge in [-0.3, -0.25) is 4.79 Å². The third-order valence-electron chi connectivity index (χ3n) is 2.84. The summed E-state index contributed by atoms with van der Waals surface area (Å²) in [6.07, 6.45) is 0. The number of carbonyl (C=O) groups is 1. The lowest BCUT2D eigenvalue weighted by Gasteiger charge is -2.18. The zero-order chi connectivity index (χ0) is 14.7. The summed E-state index contributed by atoms with van der Waals surface area (Å²) >= 11 is 3.26. The molecule has 0 atom stereocenters. The quantitative estimate of drug-likeness (QED) is 0.930. The maximum Gasteiger partial charge on any atom is 0.257 e. The minimum absolute atomic E-state index is 0.0794. The fourth-order valence-electron chi connectivity index (χ4n) is 1.87. The molecule has 0 spiro atoms. The van der Waals surface area contributed by atoms with Crippen molar-refractivity contribution in [1.29, 1.82) is 0 Å². The maximum atomic E-state index is 13.1. The Hall–Kier alpha value is -1.88. The van der Waals surface area contributed by atoms with Gasteiger partial charge in [0.2, 0.25) is 0 Å². The van der Waals surface area contributed by atoms with E-state index in [1.54, 1.807) is 31.3 Å². The monoisotopic (exact) mass is 337 g/mol. The molecule has 0 aromatic heterocycles. The number of aromatic hydroxyl groups is 1. The molecule has 0 unspecified atom stereocenters. The van der Waals surface area contributed by atoms with Crippen LogP contribution < -0.4 is 0 Å². The molecule has 1 amide bonds. The summed E-state index contributed by atoms with van der Waals surface area (Å²) in [5.74, 6) is -0.744. The van der Waals surface area contributed by atoms with Crippen molar-refractivity contribution in [3.8, 4) is 5.75 Å². The third kappa shape index (κ3) is 3.36. The van der Waals surface area contributed by atoms with Crippen LogP contribution in [0.15, 0.2) is 46.9 Å². The summed E-state index contributed by atoms with van der Waals surface area (Å²) < 4.78 is 13.8. The molecule has 0 fully saturated rings. The highest BCUT2D eigenvalue weighted by molar-refractivity contribution is 9.10. The van der Waals surface area contributed by atoms with E-state index in [4.69, 9.17) is 0 Å². The van der Waals surface area contributed by atoms with Crippen molar-refractivity contribution >= 4 is 21.8 Å². The van der Waals surface area contributed by atoms with Crippen molar-refractivity contribution in [2.45, 2.75) is 6.54 Å². The van der Waals surface area contributed by atoms with E-state index in [1.165, 1.54) is 23.1 Å². The van der Waals surface area contributed by atoms with Gasteiger partial charge < -0.3 is 10.0 Å². The van der Waals surface area contributed by atoms with Gasteiger partial charge in [-0.15, -0.1) is 0 Å². The van der Waals surface area contributed by atoms with E-state index in [2.05, 4.69) is 15.9 Å². The van der Waals surface area contributed by atoms with Crippen LogP contribution in [0.2, 0.25) is 0 Å². The molecule has 104 valence electrons. The van der Waals surface area contributed by atoms with Gasteiger partial charge in [-0.25, -0.2) is 4.39 Å². The molecule has 0 saturated heterocycles. The molecule has 0 aliphatic heterocycles. The van der Waals surface area contributed by atoms with Crippen LogP contribution in [0, 0.1) is 5.82 Å². The average Bonchev–Trinajstić information content (AvgIpc) is 2.40. The Morgan fingerprint density at radius 3 is 2.75 bits per heavy atom. The van der Waals surface area contributed by atoms with Gasteiger partial charge in [-0.1, -0.05) is 28.1 Å². The van der Waals surface area contributed by atoms with E-state index in [9.17, 15) is 14.3 Å². The highest BCUT2D eigenvalue weighted by Gasteiger charge is 2.16. The lowest BCUT2D eigenvalue weighted by atomic mass is 10.1. The van der Waals surface area contributed by atoms with Gasteiger partial charge in [0.25, 0.3) is 5.91 Å². The summed E-state index contributed by atoms with van der Waals surface area (Å²) in [5, 5.41) is 9.74. The predicted molar refractivity (Wildman–Crippen MR) is 78.0 cm³/mol. The van der Waals surface area contributed by atoms with E-state index in [0.717, 1.165) is 0 Å². The average molecular weight is 338 g/mol. The molecule has 2 aromatic carbocycles. The van der Waals surface area contributed by atoms with Crippen LogP contribution in [0.4, 0.5) is 4.39 Å². The molecule has 0 aliphatic rings. The normalized spacial score (nSPS) is 10.3. The zero-order valence-electron chi connectivity index (χ0n) is 10.8. The first-order valence-electron chi connectivity index (χ1n) is 5.96. The van der Waals surface area contributed by atoms with Crippen molar-refractivity contribution < 1.29 is 14.3 Å². The molecule has 0 heterocycles. The second-order valence-electron chi connectivity index (χ2n) is 4.45. The minimum Gasteiger partial charge on any atom is -0.507 e. The smallest absolute Gasteiger partial charge is 0.257 e. The van der Waals surface area contributed by atoms with Crippen LogP contribution in [0.5, 0.6) is 5.75 Å². The number of phenolic OH excluding ortho intramolecular Hbond substituents is 1. The molecule has 0 radical (unpaired) electrons. The molecule has 3 nitrogen and oxygen atoms in total. The van der Waals surface area contributed by atoms with Crippen molar-refractivity contribution in [3.05, 3.63) is 63.9 Å². The van der Waals surface area contributed by atoms with Gasteiger partial charge in [0.1, 0.15) is 11.6 Å². The molecule has 2 rings (SSSR count). The number of phenols is 1. The SMILES string of the molecule is CN(Cc1cccc(F)c1)C(=O)c1cc(Br)ccc1O. The van der Waals surface area contributed by atoms with E-state index in [-0.39, 0.29) is 29.6 Å². The molecule has 0 saturated carbocycles. The molecular formula is C15H13BrFNO2. The standard InChI is InChI=1S/C15H13BrFNO2/c1-18(9-10-3-2-4-12(17)7-10)15(20)13-8-11(16)5-6-14(13)19/h2-8,19H,9H2,1H3. The Morgan fingerprint density at radius 2 is 2.05 bits per heavy atom. The molecular weight excluding hydrogens is 325 g/mol. The van der Waals surface area contributed by atoms with Crippen LogP contribution in [0.25, 0.3) is 0 Å². The second-order valence-corrected chi connectivity index (χ2v) is 5.37. The Balaban J connectivity index is 2.18.